The van der Waals surface area contributed by atoms with Crippen LogP contribution in [-0.2, 0) is 14.8 Å². The van der Waals surface area contributed by atoms with Crippen molar-refractivity contribution in [1.29, 1.82) is 0 Å². The minimum atomic E-state index is -3.66. The van der Waals surface area contributed by atoms with Crippen molar-refractivity contribution in [3.05, 3.63) is 28.7 Å². The number of hydrogen-bond donors (Lipinski definition) is 1. The zero-order valence-electron chi connectivity index (χ0n) is 15.4. The smallest absolute Gasteiger partial charge is 0.243 e. The summed E-state index contributed by atoms with van der Waals surface area (Å²) in [6, 6.07) is 6.38. The molecule has 1 aliphatic heterocycles. The van der Waals surface area contributed by atoms with E-state index in [4.69, 9.17) is 0 Å². The third kappa shape index (κ3) is 6.33. The summed E-state index contributed by atoms with van der Waals surface area (Å²) in [6.07, 6.45) is 3.36. The summed E-state index contributed by atoms with van der Waals surface area (Å²) in [4.78, 5) is 14.6. The Kier molecular flexibility index (Phi) is 8.06. The SMILES string of the molecule is CC1CCN(CCCNC(=O)CN(C)S(=O)(=O)c2ccc(Br)cc2)CC1. The molecule has 26 heavy (non-hydrogen) atoms. The van der Waals surface area contributed by atoms with Crippen LogP contribution >= 0.6 is 15.9 Å². The standard InChI is InChI=1S/C18H28BrN3O3S/c1-15-8-12-22(13-9-15)11-3-10-20-18(23)14-21(2)26(24,25)17-6-4-16(19)5-7-17/h4-7,15H,3,8-14H2,1-2H3,(H,20,23). The van der Waals surface area contributed by atoms with Crippen molar-refractivity contribution < 1.29 is 13.2 Å². The van der Waals surface area contributed by atoms with Gasteiger partial charge < -0.3 is 10.2 Å². The van der Waals surface area contributed by atoms with Crippen LogP contribution in [0.25, 0.3) is 0 Å². The summed E-state index contributed by atoms with van der Waals surface area (Å²) in [5, 5.41) is 2.82. The van der Waals surface area contributed by atoms with Crippen molar-refractivity contribution >= 4 is 31.9 Å². The van der Waals surface area contributed by atoms with Crippen molar-refractivity contribution in [1.82, 2.24) is 14.5 Å². The van der Waals surface area contributed by atoms with E-state index in [1.165, 1.54) is 32.0 Å². The van der Waals surface area contributed by atoms with E-state index in [0.717, 1.165) is 40.8 Å². The van der Waals surface area contributed by atoms with Crippen LogP contribution in [0.15, 0.2) is 33.6 Å². The van der Waals surface area contributed by atoms with E-state index in [2.05, 4.69) is 33.1 Å². The molecule has 2 rings (SSSR count). The number of piperidine rings is 1. The Morgan fingerprint density at radius 1 is 1.27 bits per heavy atom. The molecule has 6 nitrogen and oxygen atoms in total. The number of halogens is 1. The minimum absolute atomic E-state index is 0.176. The van der Waals surface area contributed by atoms with Gasteiger partial charge in [-0.25, -0.2) is 8.42 Å². The second-order valence-electron chi connectivity index (χ2n) is 6.94. The van der Waals surface area contributed by atoms with Gasteiger partial charge in [0.25, 0.3) is 0 Å². The molecule has 0 unspecified atom stereocenters. The molecule has 146 valence electrons. The monoisotopic (exact) mass is 445 g/mol. The molecule has 1 aliphatic rings. The Bertz CT molecular complexity index is 686. The molecule has 0 radical (unpaired) electrons. The number of benzene rings is 1. The average molecular weight is 446 g/mol. The number of carbonyl (C=O) groups excluding carboxylic acids is 1. The molecule has 0 atom stereocenters. The lowest BCUT2D eigenvalue weighted by molar-refractivity contribution is -0.121. The highest BCUT2D eigenvalue weighted by molar-refractivity contribution is 9.10. The first kappa shape index (κ1) is 21.3. The molecular weight excluding hydrogens is 418 g/mol. The summed E-state index contributed by atoms with van der Waals surface area (Å²) in [7, 11) is -2.24. The maximum Gasteiger partial charge on any atom is 0.243 e. The van der Waals surface area contributed by atoms with Gasteiger partial charge in [0.1, 0.15) is 0 Å². The van der Waals surface area contributed by atoms with E-state index in [1.807, 2.05) is 0 Å². The summed E-state index contributed by atoms with van der Waals surface area (Å²) >= 11 is 3.28. The Morgan fingerprint density at radius 2 is 1.88 bits per heavy atom. The first-order chi connectivity index (χ1) is 12.3. The highest BCUT2D eigenvalue weighted by Crippen LogP contribution is 2.18. The van der Waals surface area contributed by atoms with Gasteiger partial charge in [-0.1, -0.05) is 22.9 Å². The number of sulfonamides is 1. The van der Waals surface area contributed by atoms with Crippen LogP contribution in [0.4, 0.5) is 0 Å². The Hall–Kier alpha value is -0.960. The number of likely N-dealkylation sites (N-methyl/N-ethyl adjacent to an activating group) is 1. The number of carbonyl (C=O) groups is 1. The lowest BCUT2D eigenvalue weighted by Gasteiger charge is -2.30. The molecule has 0 bridgehead atoms. The van der Waals surface area contributed by atoms with E-state index in [9.17, 15) is 13.2 Å². The van der Waals surface area contributed by atoms with E-state index in [1.54, 1.807) is 12.1 Å². The number of nitrogens with zero attached hydrogens (tertiary/aromatic N) is 2. The average Bonchev–Trinajstić information content (AvgIpc) is 2.60. The molecule has 0 spiro atoms. The molecule has 0 saturated carbocycles. The van der Waals surface area contributed by atoms with Gasteiger partial charge in [0.2, 0.25) is 15.9 Å². The Balaban J connectivity index is 1.72. The number of amides is 1. The van der Waals surface area contributed by atoms with Crippen LogP contribution in [0.5, 0.6) is 0 Å². The fraction of sp³-hybridized carbons (Fsp3) is 0.611. The summed E-state index contributed by atoms with van der Waals surface area (Å²) in [5.41, 5.74) is 0. The molecule has 8 heteroatoms. The minimum Gasteiger partial charge on any atom is -0.355 e. The summed E-state index contributed by atoms with van der Waals surface area (Å²) < 4.78 is 26.8. The highest BCUT2D eigenvalue weighted by atomic mass is 79.9. The van der Waals surface area contributed by atoms with Crippen LogP contribution in [-0.4, -0.2) is 63.3 Å². The lowest BCUT2D eigenvalue weighted by atomic mass is 9.99. The maximum absolute atomic E-state index is 12.5. The molecule has 1 fully saturated rings. The van der Waals surface area contributed by atoms with E-state index >= 15 is 0 Å². The van der Waals surface area contributed by atoms with Gasteiger partial charge in [-0.05, 0) is 69.1 Å². The van der Waals surface area contributed by atoms with E-state index in [-0.39, 0.29) is 17.3 Å². The van der Waals surface area contributed by atoms with Crippen LogP contribution in [0.1, 0.15) is 26.2 Å². The molecule has 1 saturated heterocycles. The van der Waals surface area contributed by atoms with Crippen LogP contribution in [0.2, 0.25) is 0 Å². The van der Waals surface area contributed by atoms with Crippen molar-refractivity contribution in [2.75, 3.05) is 39.8 Å². The quantitative estimate of drug-likeness (QED) is 0.623. The van der Waals surface area contributed by atoms with Crippen molar-refractivity contribution in [2.24, 2.45) is 5.92 Å². The van der Waals surface area contributed by atoms with Gasteiger partial charge in [0.05, 0.1) is 11.4 Å². The van der Waals surface area contributed by atoms with Gasteiger partial charge in [-0.15, -0.1) is 0 Å². The number of rotatable bonds is 8. The largest absolute Gasteiger partial charge is 0.355 e. The molecule has 1 aromatic rings. The molecule has 0 aromatic heterocycles. The van der Waals surface area contributed by atoms with Crippen LogP contribution in [0, 0.1) is 5.92 Å². The first-order valence-corrected chi connectivity index (χ1v) is 11.2. The zero-order valence-corrected chi connectivity index (χ0v) is 17.9. The third-order valence-electron chi connectivity index (χ3n) is 4.74. The van der Waals surface area contributed by atoms with Gasteiger partial charge >= 0.3 is 0 Å². The second kappa shape index (κ2) is 9.82. The van der Waals surface area contributed by atoms with Crippen molar-refractivity contribution in [2.45, 2.75) is 31.1 Å². The topological polar surface area (TPSA) is 69.7 Å². The first-order valence-electron chi connectivity index (χ1n) is 9.00. The Morgan fingerprint density at radius 3 is 2.50 bits per heavy atom. The normalized spacial score (nSPS) is 16.8. The van der Waals surface area contributed by atoms with E-state index < -0.39 is 10.0 Å². The number of hydrogen-bond acceptors (Lipinski definition) is 4. The molecule has 1 heterocycles. The van der Waals surface area contributed by atoms with Gasteiger partial charge in [0.15, 0.2) is 0 Å². The van der Waals surface area contributed by atoms with E-state index in [0.29, 0.717) is 6.54 Å². The number of nitrogens with one attached hydrogen (secondary N) is 1. The second-order valence-corrected chi connectivity index (χ2v) is 9.90. The molecule has 1 N–H and O–H groups in total. The van der Waals surface area contributed by atoms with Gasteiger partial charge in [-0.2, -0.15) is 4.31 Å². The predicted octanol–water partition coefficient (Wildman–Crippen LogP) is 2.31. The molecule has 0 aliphatic carbocycles. The summed E-state index contributed by atoms with van der Waals surface area (Å²) in [5.74, 6) is 0.537. The van der Waals surface area contributed by atoms with Gasteiger partial charge in [-0.3, -0.25) is 4.79 Å². The van der Waals surface area contributed by atoms with Crippen molar-refractivity contribution in [3.63, 3.8) is 0 Å². The third-order valence-corrected chi connectivity index (χ3v) is 7.08. The fourth-order valence-electron chi connectivity index (χ4n) is 2.95. The maximum atomic E-state index is 12.5. The van der Waals surface area contributed by atoms with Gasteiger partial charge in [0, 0.05) is 18.1 Å². The highest BCUT2D eigenvalue weighted by Gasteiger charge is 2.22. The summed E-state index contributed by atoms with van der Waals surface area (Å²) in [6.45, 7) is 5.90. The Labute approximate surface area is 165 Å². The van der Waals surface area contributed by atoms with Crippen LogP contribution < -0.4 is 5.32 Å². The molecule has 1 aromatic carbocycles. The molecular formula is C18H28BrN3O3S. The predicted molar refractivity (Wildman–Crippen MR) is 106 cm³/mol. The zero-order chi connectivity index (χ0) is 19.2. The van der Waals surface area contributed by atoms with Crippen LogP contribution in [0.3, 0.4) is 0 Å². The van der Waals surface area contributed by atoms with Crippen molar-refractivity contribution in [3.8, 4) is 0 Å². The number of likely N-dealkylation sites (tertiary alicyclic amines) is 1. The fourth-order valence-corrected chi connectivity index (χ4v) is 4.34. The lowest BCUT2D eigenvalue weighted by Crippen LogP contribution is -2.39. The molecule has 1 amide bonds.